The first-order valence-corrected chi connectivity index (χ1v) is 8.93. The monoisotopic (exact) mass is 362 g/mol. The van der Waals surface area contributed by atoms with Crippen molar-refractivity contribution >= 4 is 0 Å². The van der Waals surface area contributed by atoms with E-state index >= 15 is 0 Å². The molecule has 0 amide bonds. The van der Waals surface area contributed by atoms with Gasteiger partial charge in [-0.15, -0.1) is 0 Å². The van der Waals surface area contributed by atoms with Crippen LogP contribution in [0.2, 0.25) is 0 Å². The molecule has 0 bridgehead atoms. The largest absolute Gasteiger partial charge is 0.314 e. The maximum absolute atomic E-state index is 13.6. The van der Waals surface area contributed by atoms with E-state index in [1.54, 1.807) is 6.07 Å². The van der Waals surface area contributed by atoms with Gasteiger partial charge in [0.1, 0.15) is 0 Å². The minimum atomic E-state index is -0.922. The van der Waals surface area contributed by atoms with E-state index in [4.69, 9.17) is 0 Å². The lowest BCUT2D eigenvalue weighted by atomic mass is 10.1. The van der Waals surface area contributed by atoms with Crippen LogP contribution in [0, 0.1) is 17.6 Å². The first kappa shape index (κ1) is 18.7. The second-order valence-corrected chi connectivity index (χ2v) is 7.09. The van der Waals surface area contributed by atoms with Gasteiger partial charge in [0.2, 0.25) is 0 Å². The summed E-state index contributed by atoms with van der Waals surface area (Å²) < 4.78 is 28.3. The van der Waals surface area contributed by atoms with Gasteiger partial charge in [-0.3, -0.25) is 9.69 Å². The number of nitrogens with zero attached hydrogens (tertiary/aromatic N) is 3. The van der Waals surface area contributed by atoms with Gasteiger partial charge in [-0.05, 0) is 30.2 Å². The molecule has 1 aromatic carbocycles. The summed E-state index contributed by atoms with van der Waals surface area (Å²) in [7, 11) is 0. The van der Waals surface area contributed by atoms with Crippen molar-refractivity contribution in [2.45, 2.75) is 26.9 Å². The highest BCUT2D eigenvalue weighted by Gasteiger charge is 2.16. The number of rotatable bonds is 5. The topological polar surface area (TPSA) is 50.2 Å². The Hall–Kier alpha value is -2.12. The molecule has 1 aliphatic rings. The zero-order valence-electron chi connectivity index (χ0n) is 15.1. The smallest absolute Gasteiger partial charge is 0.271 e. The lowest BCUT2D eigenvalue weighted by Crippen LogP contribution is -2.44. The Kier molecular flexibility index (Phi) is 5.78. The van der Waals surface area contributed by atoms with Gasteiger partial charge in [-0.1, -0.05) is 13.8 Å². The van der Waals surface area contributed by atoms with Gasteiger partial charge in [-0.2, -0.15) is 5.10 Å². The summed E-state index contributed by atoms with van der Waals surface area (Å²) in [5, 5.41) is 7.68. The number of nitrogens with one attached hydrogen (secondary N) is 1. The van der Waals surface area contributed by atoms with Crippen LogP contribution in [-0.4, -0.2) is 40.9 Å². The predicted molar refractivity (Wildman–Crippen MR) is 96.8 cm³/mol. The van der Waals surface area contributed by atoms with E-state index in [0.717, 1.165) is 38.3 Å². The highest BCUT2D eigenvalue weighted by Crippen LogP contribution is 2.20. The number of hydrogen-bond acceptors (Lipinski definition) is 4. The van der Waals surface area contributed by atoms with E-state index in [2.05, 4.69) is 15.3 Å². The molecule has 1 aromatic heterocycles. The lowest BCUT2D eigenvalue weighted by Gasteiger charge is -2.27. The van der Waals surface area contributed by atoms with Crippen LogP contribution in [0.1, 0.15) is 19.4 Å². The summed E-state index contributed by atoms with van der Waals surface area (Å²) in [6.07, 6.45) is 0. The van der Waals surface area contributed by atoms with Gasteiger partial charge in [0.05, 0.1) is 5.69 Å². The average Bonchev–Trinajstić information content (AvgIpc) is 2.61. The number of benzene rings is 1. The van der Waals surface area contributed by atoms with Gasteiger partial charge in [-0.25, -0.2) is 13.5 Å². The molecule has 2 heterocycles. The van der Waals surface area contributed by atoms with Gasteiger partial charge < -0.3 is 5.32 Å². The molecule has 140 valence electrons. The fourth-order valence-corrected chi connectivity index (χ4v) is 3.09. The molecule has 0 radical (unpaired) electrons. The molecule has 0 unspecified atom stereocenters. The molecule has 1 saturated heterocycles. The molecule has 1 fully saturated rings. The summed E-state index contributed by atoms with van der Waals surface area (Å²) in [6, 6.07) is 5.39. The second-order valence-electron chi connectivity index (χ2n) is 7.09. The van der Waals surface area contributed by atoms with Crippen molar-refractivity contribution in [2.24, 2.45) is 5.92 Å². The summed E-state index contributed by atoms with van der Waals surface area (Å²) in [4.78, 5) is 15.0. The van der Waals surface area contributed by atoms with Crippen LogP contribution in [0.5, 0.6) is 0 Å². The Morgan fingerprint density at radius 1 is 1.15 bits per heavy atom. The number of aromatic nitrogens is 2. The van der Waals surface area contributed by atoms with Gasteiger partial charge in [0, 0.05) is 50.4 Å². The van der Waals surface area contributed by atoms with Crippen LogP contribution in [0.25, 0.3) is 11.3 Å². The number of piperazine rings is 1. The van der Waals surface area contributed by atoms with E-state index < -0.39 is 11.6 Å². The third-order valence-corrected chi connectivity index (χ3v) is 4.41. The number of hydrogen-bond donors (Lipinski definition) is 1. The van der Waals surface area contributed by atoms with E-state index in [-0.39, 0.29) is 11.5 Å². The Morgan fingerprint density at radius 2 is 1.88 bits per heavy atom. The Labute approximate surface area is 151 Å². The minimum Gasteiger partial charge on any atom is -0.314 e. The third kappa shape index (κ3) is 4.34. The SMILES string of the molecule is CC(C)Cn1nc(-c2ccc(F)c(F)c2)cc(CN2CCNCC2)c1=O. The quantitative estimate of drug-likeness (QED) is 0.886. The second kappa shape index (κ2) is 8.05. The minimum absolute atomic E-state index is 0.122. The van der Waals surface area contributed by atoms with E-state index in [0.29, 0.717) is 29.9 Å². The Bertz CT molecular complexity index is 829. The maximum Gasteiger partial charge on any atom is 0.271 e. The molecule has 2 aromatic rings. The summed E-state index contributed by atoms with van der Waals surface area (Å²) in [5.41, 5.74) is 1.45. The van der Waals surface area contributed by atoms with Gasteiger partial charge >= 0.3 is 0 Å². The van der Waals surface area contributed by atoms with E-state index in [9.17, 15) is 13.6 Å². The first-order valence-electron chi connectivity index (χ1n) is 8.93. The molecule has 3 rings (SSSR count). The summed E-state index contributed by atoms with van der Waals surface area (Å²) >= 11 is 0. The van der Waals surface area contributed by atoms with Crippen LogP contribution in [-0.2, 0) is 13.1 Å². The number of halogens is 2. The van der Waals surface area contributed by atoms with Crippen LogP contribution in [0.4, 0.5) is 8.78 Å². The molecule has 1 aliphatic heterocycles. The molecule has 0 atom stereocenters. The van der Waals surface area contributed by atoms with Crippen LogP contribution in [0.3, 0.4) is 0 Å². The zero-order chi connectivity index (χ0) is 18.7. The fraction of sp³-hybridized carbons (Fsp3) is 0.474. The van der Waals surface area contributed by atoms with E-state index in [1.807, 2.05) is 13.8 Å². The molecule has 0 saturated carbocycles. The van der Waals surface area contributed by atoms with Crippen LogP contribution in [0.15, 0.2) is 29.1 Å². The Balaban J connectivity index is 2.01. The molecular weight excluding hydrogens is 338 g/mol. The zero-order valence-corrected chi connectivity index (χ0v) is 15.1. The van der Waals surface area contributed by atoms with Crippen molar-refractivity contribution in [1.29, 1.82) is 0 Å². The van der Waals surface area contributed by atoms with Gasteiger partial charge in [0.25, 0.3) is 5.56 Å². The Morgan fingerprint density at radius 3 is 2.54 bits per heavy atom. The summed E-state index contributed by atoms with van der Waals surface area (Å²) in [5.74, 6) is -1.58. The third-order valence-electron chi connectivity index (χ3n) is 4.41. The average molecular weight is 362 g/mol. The van der Waals surface area contributed by atoms with Crippen molar-refractivity contribution in [3.63, 3.8) is 0 Å². The van der Waals surface area contributed by atoms with Crippen LogP contribution >= 0.6 is 0 Å². The predicted octanol–water partition coefficient (Wildman–Crippen LogP) is 2.25. The lowest BCUT2D eigenvalue weighted by molar-refractivity contribution is 0.231. The molecule has 1 N–H and O–H groups in total. The molecular formula is C19H24F2N4O. The van der Waals surface area contributed by atoms with Crippen molar-refractivity contribution in [2.75, 3.05) is 26.2 Å². The highest BCUT2D eigenvalue weighted by atomic mass is 19.2. The van der Waals surface area contributed by atoms with Crippen LogP contribution < -0.4 is 10.9 Å². The molecule has 26 heavy (non-hydrogen) atoms. The molecule has 0 aliphatic carbocycles. The van der Waals surface area contributed by atoms with Crippen molar-refractivity contribution in [3.05, 3.63) is 51.8 Å². The first-order chi connectivity index (χ1) is 12.4. The van der Waals surface area contributed by atoms with Crippen molar-refractivity contribution < 1.29 is 8.78 Å². The molecule has 5 nitrogen and oxygen atoms in total. The van der Waals surface area contributed by atoms with Crippen molar-refractivity contribution in [1.82, 2.24) is 20.0 Å². The standard InChI is InChI=1S/C19H24F2N4O/c1-13(2)11-25-19(26)15(12-24-7-5-22-6-8-24)10-18(23-25)14-3-4-16(20)17(21)9-14/h3-4,9-10,13,22H,5-8,11-12H2,1-2H3. The molecule has 7 heteroatoms. The molecule has 0 spiro atoms. The highest BCUT2D eigenvalue weighted by molar-refractivity contribution is 5.59. The summed E-state index contributed by atoms with van der Waals surface area (Å²) in [6.45, 7) is 8.53. The normalized spacial score (nSPS) is 15.6. The van der Waals surface area contributed by atoms with Gasteiger partial charge in [0.15, 0.2) is 11.6 Å². The van der Waals surface area contributed by atoms with Crippen molar-refractivity contribution in [3.8, 4) is 11.3 Å². The maximum atomic E-state index is 13.6. The van der Waals surface area contributed by atoms with E-state index in [1.165, 1.54) is 10.7 Å². The fourth-order valence-electron chi connectivity index (χ4n) is 3.09.